The van der Waals surface area contributed by atoms with Gasteiger partial charge in [0.2, 0.25) is 0 Å². The molecule has 32 heavy (non-hydrogen) atoms. The highest BCUT2D eigenvalue weighted by Crippen LogP contribution is 2.33. The lowest BCUT2D eigenvalue weighted by Crippen LogP contribution is -2.37. The molecule has 0 aromatic carbocycles. The average Bonchev–Trinajstić information content (AvgIpc) is 2.75. The molecule has 0 saturated carbocycles. The zero-order valence-electron chi connectivity index (χ0n) is 19.4. The van der Waals surface area contributed by atoms with Gasteiger partial charge in [0.15, 0.2) is 12.4 Å². The standard InChI is InChI=1S/C25H36O7/c1-16-7-8-17(2)23(15-26)32-25(28)14-22-11-18(12-24(27)29-3)10-21(31-22)13-20-6-4-5-19(9-16)30-20/h7-8,12,15-17,19-23H,4-6,9-11,13-14H2,1-3H3/b8-7?,18-12-/t16?,17-,19+,20-,21+,22-,23-/m0/s1. The van der Waals surface area contributed by atoms with Gasteiger partial charge in [0.25, 0.3) is 0 Å². The molecule has 3 heterocycles. The van der Waals surface area contributed by atoms with E-state index in [0.717, 1.165) is 37.7 Å². The Hall–Kier alpha value is -1.99. The van der Waals surface area contributed by atoms with Crippen LogP contribution in [0.2, 0.25) is 0 Å². The molecule has 0 aliphatic carbocycles. The van der Waals surface area contributed by atoms with Crippen LogP contribution in [-0.4, -0.2) is 55.9 Å². The lowest BCUT2D eigenvalue weighted by Gasteiger charge is -2.37. The molecule has 2 fully saturated rings. The summed E-state index contributed by atoms with van der Waals surface area (Å²) in [6.45, 7) is 4.01. The number of hydrogen-bond acceptors (Lipinski definition) is 7. The van der Waals surface area contributed by atoms with E-state index in [4.69, 9.17) is 18.9 Å². The highest BCUT2D eigenvalue weighted by atomic mass is 16.6. The maximum absolute atomic E-state index is 12.6. The minimum atomic E-state index is -0.835. The molecule has 4 bridgehead atoms. The minimum Gasteiger partial charge on any atom is -0.466 e. The molecule has 3 rings (SSSR count). The summed E-state index contributed by atoms with van der Waals surface area (Å²) in [5, 5.41) is 0. The number of carbonyl (C=O) groups is 3. The van der Waals surface area contributed by atoms with Gasteiger partial charge in [-0.05, 0) is 44.4 Å². The van der Waals surface area contributed by atoms with E-state index < -0.39 is 24.1 Å². The maximum atomic E-state index is 12.6. The number of aldehydes is 1. The zero-order valence-corrected chi connectivity index (χ0v) is 19.4. The molecule has 0 spiro atoms. The van der Waals surface area contributed by atoms with Crippen LogP contribution in [0.15, 0.2) is 23.8 Å². The summed E-state index contributed by atoms with van der Waals surface area (Å²) in [6, 6.07) is 0. The van der Waals surface area contributed by atoms with Gasteiger partial charge in [-0.3, -0.25) is 9.59 Å². The number of rotatable bonds is 2. The van der Waals surface area contributed by atoms with Crippen LogP contribution in [0, 0.1) is 11.8 Å². The highest BCUT2D eigenvalue weighted by Gasteiger charge is 2.33. The molecule has 0 N–H and O–H groups in total. The van der Waals surface area contributed by atoms with Crippen LogP contribution < -0.4 is 0 Å². The van der Waals surface area contributed by atoms with E-state index >= 15 is 0 Å². The van der Waals surface area contributed by atoms with Gasteiger partial charge in [-0.25, -0.2) is 4.79 Å². The van der Waals surface area contributed by atoms with Gasteiger partial charge in [-0.15, -0.1) is 0 Å². The predicted octanol–water partition coefficient (Wildman–Crippen LogP) is 3.69. The first-order valence-electron chi connectivity index (χ1n) is 11.8. The largest absolute Gasteiger partial charge is 0.466 e. The van der Waals surface area contributed by atoms with Gasteiger partial charge < -0.3 is 18.9 Å². The van der Waals surface area contributed by atoms with E-state index in [-0.39, 0.29) is 30.7 Å². The van der Waals surface area contributed by atoms with Crippen LogP contribution in [0.1, 0.15) is 65.2 Å². The summed E-state index contributed by atoms with van der Waals surface area (Å²) < 4.78 is 22.9. The van der Waals surface area contributed by atoms with Crippen molar-refractivity contribution in [2.75, 3.05) is 7.11 Å². The van der Waals surface area contributed by atoms with E-state index in [1.54, 1.807) is 0 Å². The Labute approximate surface area is 190 Å². The Balaban J connectivity index is 1.82. The van der Waals surface area contributed by atoms with Crippen molar-refractivity contribution in [3.8, 4) is 0 Å². The number of esters is 2. The summed E-state index contributed by atoms with van der Waals surface area (Å²) in [4.78, 5) is 36.0. The molecule has 178 valence electrons. The molecular formula is C25H36O7. The van der Waals surface area contributed by atoms with Crippen molar-refractivity contribution in [1.82, 2.24) is 0 Å². The monoisotopic (exact) mass is 448 g/mol. The number of carbonyl (C=O) groups excluding carboxylic acids is 3. The summed E-state index contributed by atoms with van der Waals surface area (Å²) in [7, 11) is 1.35. The number of allylic oxidation sites excluding steroid dienone is 1. The number of cyclic esters (lactones) is 1. The minimum absolute atomic E-state index is 0.0281. The topological polar surface area (TPSA) is 88.1 Å². The van der Waals surface area contributed by atoms with Gasteiger partial charge in [-0.1, -0.05) is 31.6 Å². The van der Waals surface area contributed by atoms with Crippen LogP contribution >= 0.6 is 0 Å². The average molecular weight is 449 g/mol. The Kier molecular flexibility index (Phi) is 9.05. The quantitative estimate of drug-likeness (QED) is 0.275. The zero-order chi connectivity index (χ0) is 23.1. The van der Waals surface area contributed by atoms with Crippen LogP contribution in [0.5, 0.6) is 0 Å². The smallest absolute Gasteiger partial charge is 0.330 e. The summed E-state index contributed by atoms with van der Waals surface area (Å²) in [5.41, 5.74) is 0.899. The van der Waals surface area contributed by atoms with E-state index in [1.165, 1.54) is 13.2 Å². The Morgan fingerprint density at radius 2 is 1.69 bits per heavy atom. The molecule has 7 heteroatoms. The maximum Gasteiger partial charge on any atom is 0.330 e. The summed E-state index contributed by atoms with van der Waals surface area (Å²) in [6.07, 6.45) is 11.0. The van der Waals surface area contributed by atoms with Crippen molar-refractivity contribution in [3.63, 3.8) is 0 Å². The van der Waals surface area contributed by atoms with Crippen LogP contribution in [0.3, 0.4) is 0 Å². The van der Waals surface area contributed by atoms with Gasteiger partial charge in [0.1, 0.15) is 0 Å². The molecule has 0 aromatic rings. The summed E-state index contributed by atoms with van der Waals surface area (Å²) in [5.74, 6) is -0.808. The van der Waals surface area contributed by atoms with Crippen molar-refractivity contribution in [1.29, 1.82) is 0 Å². The third-order valence-electron chi connectivity index (χ3n) is 6.54. The van der Waals surface area contributed by atoms with Crippen molar-refractivity contribution in [3.05, 3.63) is 23.8 Å². The second-order valence-electron chi connectivity index (χ2n) is 9.41. The predicted molar refractivity (Wildman–Crippen MR) is 118 cm³/mol. The number of hydrogen-bond donors (Lipinski definition) is 0. The lowest BCUT2D eigenvalue weighted by atomic mass is 9.89. The first-order chi connectivity index (χ1) is 15.4. The molecule has 2 saturated heterocycles. The number of fused-ring (bicyclic) bond motifs is 4. The molecule has 1 unspecified atom stereocenters. The van der Waals surface area contributed by atoms with Crippen molar-refractivity contribution >= 4 is 18.2 Å². The third-order valence-corrected chi connectivity index (χ3v) is 6.54. The highest BCUT2D eigenvalue weighted by molar-refractivity contribution is 5.82. The molecule has 0 radical (unpaired) electrons. The van der Waals surface area contributed by atoms with Crippen molar-refractivity contribution in [2.45, 2.75) is 95.7 Å². The fourth-order valence-corrected chi connectivity index (χ4v) is 4.87. The molecule has 0 amide bonds. The summed E-state index contributed by atoms with van der Waals surface area (Å²) >= 11 is 0. The molecular weight excluding hydrogens is 412 g/mol. The third kappa shape index (κ3) is 7.27. The first-order valence-corrected chi connectivity index (χ1v) is 11.8. The first kappa shape index (κ1) is 24.6. The van der Waals surface area contributed by atoms with Crippen LogP contribution in [0.25, 0.3) is 0 Å². The van der Waals surface area contributed by atoms with E-state index in [1.807, 2.05) is 13.0 Å². The van der Waals surface area contributed by atoms with Crippen LogP contribution in [-0.2, 0) is 33.3 Å². The fourth-order valence-electron chi connectivity index (χ4n) is 4.87. The molecule has 3 aliphatic heterocycles. The van der Waals surface area contributed by atoms with Crippen LogP contribution in [0.4, 0.5) is 0 Å². The van der Waals surface area contributed by atoms with Gasteiger partial charge in [-0.2, -0.15) is 0 Å². The Morgan fingerprint density at radius 3 is 2.41 bits per heavy atom. The van der Waals surface area contributed by atoms with Gasteiger partial charge in [0, 0.05) is 18.4 Å². The number of methoxy groups -OCH3 is 1. The second-order valence-corrected chi connectivity index (χ2v) is 9.41. The lowest BCUT2D eigenvalue weighted by molar-refractivity contribution is -0.159. The fraction of sp³-hybridized carbons (Fsp3) is 0.720. The molecule has 7 nitrogen and oxygen atoms in total. The number of ether oxygens (including phenoxy) is 4. The normalized spacial score (nSPS) is 38.0. The second kappa shape index (κ2) is 11.8. The van der Waals surface area contributed by atoms with Crippen molar-refractivity contribution < 1.29 is 33.3 Å². The Morgan fingerprint density at radius 1 is 1.00 bits per heavy atom. The molecule has 7 atom stereocenters. The SMILES string of the molecule is COC(=O)/C=C1\C[C@H]2CC(=O)O[C@@H](C=O)[C@@H](C)C=CC(C)C[C@H]3CCC[C@@H](C[C@@H](C1)O2)O3. The van der Waals surface area contributed by atoms with E-state index in [0.29, 0.717) is 25.0 Å². The Bertz CT molecular complexity index is 728. The van der Waals surface area contributed by atoms with Gasteiger partial charge >= 0.3 is 11.9 Å². The van der Waals surface area contributed by atoms with E-state index in [2.05, 4.69) is 13.0 Å². The molecule has 3 aliphatic rings. The van der Waals surface area contributed by atoms with Crippen molar-refractivity contribution in [2.24, 2.45) is 11.8 Å². The van der Waals surface area contributed by atoms with E-state index in [9.17, 15) is 14.4 Å². The van der Waals surface area contributed by atoms with Gasteiger partial charge in [0.05, 0.1) is 37.9 Å². The molecule has 0 aromatic heterocycles.